The number of sulfonamides is 1. The molecule has 1 saturated heterocycles. The number of hydrogen-bond donors (Lipinski definition) is 1. The SMILES string of the molecule is CC(C)(C)CC(=O)Nc1ccc(Cl)c(N2CCCS2(=O)=O)c1. The van der Waals surface area contributed by atoms with Crippen LogP contribution < -0.4 is 9.62 Å². The summed E-state index contributed by atoms with van der Waals surface area (Å²) >= 11 is 6.13. The van der Waals surface area contributed by atoms with Gasteiger partial charge in [-0.25, -0.2) is 8.42 Å². The Morgan fingerprint density at radius 3 is 2.59 bits per heavy atom. The first kappa shape index (κ1) is 17.1. The Morgan fingerprint density at radius 2 is 2.05 bits per heavy atom. The van der Waals surface area contributed by atoms with Crippen molar-refractivity contribution in [1.29, 1.82) is 0 Å². The van der Waals surface area contributed by atoms with Gasteiger partial charge >= 0.3 is 0 Å². The largest absolute Gasteiger partial charge is 0.326 e. The third kappa shape index (κ3) is 4.14. The lowest BCUT2D eigenvalue weighted by molar-refractivity contribution is -0.117. The summed E-state index contributed by atoms with van der Waals surface area (Å²) in [5.41, 5.74) is 0.862. The summed E-state index contributed by atoms with van der Waals surface area (Å²) in [4.78, 5) is 12.0. The lowest BCUT2D eigenvalue weighted by Crippen LogP contribution is -2.25. The number of hydrogen-bond acceptors (Lipinski definition) is 3. The van der Waals surface area contributed by atoms with Crippen molar-refractivity contribution in [2.75, 3.05) is 21.9 Å². The number of anilines is 2. The first-order chi connectivity index (χ1) is 10.1. The highest BCUT2D eigenvalue weighted by atomic mass is 35.5. The average molecular weight is 345 g/mol. The number of benzene rings is 1. The normalized spacial score (nSPS) is 17.5. The zero-order chi connectivity index (χ0) is 16.5. The smallest absolute Gasteiger partial charge is 0.235 e. The quantitative estimate of drug-likeness (QED) is 0.915. The van der Waals surface area contributed by atoms with E-state index in [0.717, 1.165) is 0 Å². The Labute approximate surface area is 136 Å². The fraction of sp³-hybridized carbons (Fsp3) is 0.533. The van der Waals surface area contributed by atoms with Gasteiger partial charge in [0.15, 0.2) is 0 Å². The number of halogens is 1. The second-order valence-corrected chi connectivity index (χ2v) is 9.11. The summed E-state index contributed by atoms with van der Waals surface area (Å²) in [7, 11) is -3.30. The highest BCUT2D eigenvalue weighted by Gasteiger charge is 2.30. The molecule has 1 aromatic rings. The summed E-state index contributed by atoms with van der Waals surface area (Å²) in [6.45, 7) is 6.37. The van der Waals surface area contributed by atoms with Gasteiger partial charge in [0, 0.05) is 18.7 Å². The van der Waals surface area contributed by atoms with Crippen LogP contribution in [0.3, 0.4) is 0 Å². The number of carbonyl (C=O) groups excluding carboxylic acids is 1. The zero-order valence-electron chi connectivity index (χ0n) is 13.0. The lowest BCUT2D eigenvalue weighted by atomic mass is 9.92. The molecule has 0 bridgehead atoms. The fourth-order valence-corrected chi connectivity index (χ4v) is 4.22. The molecule has 1 aliphatic heterocycles. The number of nitrogens with one attached hydrogen (secondary N) is 1. The van der Waals surface area contributed by atoms with Crippen LogP contribution in [0.15, 0.2) is 18.2 Å². The van der Waals surface area contributed by atoms with Crippen LogP contribution in [0, 0.1) is 5.41 Å². The summed E-state index contributed by atoms with van der Waals surface area (Å²) in [6, 6.07) is 4.90. The highest BCUT2D eigenvalue weighted by Crippen LogP contribution is 2.33. The molecule has 0 radical (unpaired) electrons. The molecule has 122 valence electrons. The van der Waals surface area contributed by atoms with E-state index < -0.39 is 10.0 Å². The molecule has 1 aliphatic rings. The first-order valence-electron chi connectivity index (χ1n) is 7.18. The Morgan fingerprint density at radius 1 is 1.36 bits per heavy atom. The molecule has 1 fully saturated rings. The standard InChI is InChI=1S/C15H21ClN2O3S/c1-15(2,3)10-14(19)17-11-5-6-12(16)13(9-11)18-7-4-8-22(18,20)21/h5-6,9H,4,7-8,10H2,1-3H3,(H,17,19). The van der Waals surface area contributed by atoms with Gasteiger partial charge in [0.05, 0.1) is 16.5 Å². The summed E-state index contributed by atoms with van der Waals surface area (Å²) < 4.78 is 25.3. The van der Waals surface area contributed by atoms with E-state index in [9.17, 15) is 13.2 Å². The second-order valence-electron chi connectivity index (χ2n) is 6.69. The van der Waals surface area contributed by atoms with Gasteiger partial charge < -0.3 is 5.32 Å². The maximum Gasteiger partial charge on any atom is 0.235 e. The Kier molecular flexibility index (Phi) is 4.73. The molecule has 7 heteroatoms. The molecule has 2 rings (SSSR count). The fourth-order valence-electron chi connectivity index (χ4n) is 2.38. The van der Waals surface area contributed by atoms with Crippen molar-refractivity contribution in [2.45, 2.75) is 33.6 Å². The van der Waals surface area contributed by atoms with E-state index in [2.05, 4.69) is 5.32 Å². The predicted octanol–water partition coefficient (Wildman–Crippen LogP) is 3.25. The molecule has 0 atom stereocenters. The molecular weight excluding hydrogens is 324 g/mol. The van der Waals surface area contributed by atoms with E-state index in [4.69, 9.17) is 11.6 Å². The maximum absolute atomic E-state index is 12.0. The lowest BCUT2D eigenvalue weighted by Gasteiger charge is -2.20. The van der Waals surface area contributed by atoms with Crippen LogP contribution in [0.25, 0.3) is 0 Å². The van der Waals surface area contributed by atoms with E-state index in [1.807, 2.05) is 20.8 Å². The number of amides is 1. The predicted molar refractivity (Wildman–Crippen MR) is 89.9 cm³/mol. The molecule has 0 aromatic heterocycles. The molecule has 0 aliphatic carbocycles. The van der Waals surface area contributed by atoms with E-state index in [-0.39, 0.29) is 17.1 Å². The van der Waals surface area contributed by atoms with Gasteiger partial charge in [-0.1, -0.05) is 32.4 Å². The van der Waals surface area contributed by atoms with Crippen LogP contribution in [0.2, 0.25) is 5.02 Å². The van der Waals surface area contributed by atoms with Crippen LogP contribution in [-0.4, -0.2) is 26.6 Å². The Bertz CT molecular complexity index is 681. The molecular formula is C15H21ClN2O3S. The van der Waals surface area contributed by atoms with Crippen molar-refractivity contribution in [1.82, 2.24) is 0 Å². The van der Waals surface area contributed by atoms with Gasteiger partial charge in [0.2, 0.25) is 15.9 Å². The summed E-state index contributed by atoms with van der Waals surface area (Å²) in [5.74, 6) is 0.0225. The Hall–Kier alpha value is -1.27. The van der Waals surface area contributed by atoms with Gasteiger partial charge in [0.1, 0.15) is 0 Å². The highest BCUT2D eigenvalue weighted by molar-refractivity contribution is 7.93. The maximum atomic E-state index is 12.0. The summed E-state index contributed by atoms with van der Waals surface area (Å²) in [6.07, 6.45) is 0.965. The monoisotopic (exact) mass is 344 g/mol. The van der Waals surface area contributed by atoms with Gasteiger partial charge in [-0.15, -0.1) is 0 Å². The molecule has 1 aromatic carbocycles. The van der Waals surface area contributed by atoms with E-state index in [1.165, 1.54) is 4.31 Å². The van der Waals surface area contributed by atoms with Crippen LogP contribution >= 0.6 is 11.6 Å². The van der Waals surface area contributed by atoms with E-state index >= 15 is 0 Å². The van der Waals surface area contributed by atoms with Crippen molar-refractivity contribution in [3.05, 3.63) is 23.2 Å². The topological polar surface area (TPSA) is 66.5 Å². The van der Waals surface area contributed by atoms with Crippen molar-refractivity contribution < 1.29 is 13.2 Å². The Balaban J connectivity index is 2.22. The van der Waals surface area contributed by atoms with Gasteiger partial charge in [-0.3, -0.25) is 9.10 Å². The zero-order valence-corrected chi connectivity index (χ0v) is 14.6. The van der Waals surface area contributed by atoms with Crippen molar-refractivity contribution in [2.24, 2.45) is 5.41 Å². The van der Waals surface area contributed by atoms with Gasteiger partial charge in [-0.2, -0.15) is 0 Å². The number of nitrogens with zero attached hydrogens (tertiary/aromatic N) is 1. The van der Waals surface area contributed by atoms with E-state index in [0.29, 0.717) is 35.8 Å². The van der Waals surface area contributed by atoms with Crippen molar-refractivity contribution in [3.8, 4) is 0 Å². The minimum Gasteiger partial charge on any atom is -0.326 e. The minimum absolute atomic E-state index is 0.106. The number of rotatable bonds is 3. The molecule has 0 saturated carbocycles. The molecule has 1 heterocycles. The van der Waals surface area contributed by atoms with Crippen molar-refractivity contribution in [3.63, 3.8) is 0 Å². The van der Waals surface area contributed by atoms with Crippen LogP contribution in [0.5, 0.6) is 0 Å². The van der Waals surface area contributed by atoms with Crippen LogP contribution in [0.1, 0.15) is 33.6 Å². The van der Waals surface area contributed by atoms with Crippen LogP contribution in [-0.2, 0) is 14.8 Å². The van der Waals surface area contributed by atoms with Crippen LogP contribution in [0.4, 0.5) is 11.4 Å². The molecule has 0 unspecified atom stereocenters. The molecule has 5 nitrogen and oxygen atoms in total. The first-order valence-corrected chi connectivity index (χ1v) is 9.17. The van der Waals surface area contributed by atoms with Crippen molar-refractivity contribution >= 4 is 38.9 Å². The molecule has 0 spiro atoms. The molecule has 1 amide bonds. The number of carbonyl (C=O) groups is 1. The molecule has 22 heavy (non-hydrogen) atoms. The molecule has 1 N–H and O–H groups in total. The second kappa shape index (κ2) is 6.08. The third-order valence-electron chi connectivity index (χ3n) is 3.29. The average Bonchev–Trinajstić information content (AvgIpc) is 2.69. The minimum atomic E-state index is -3.30. The van der Waals surface area contributed by atoms with E-state index in [1.54, 1.807) is 18.2 Å². The third-order valence-corrected chi connectivity index (χ3v) is 5.46. The van der Waals surface area contributed by atoms with Gasteiger partial charge in [-0.05, 0) is 30.0 Å². The van der Waals surface area contributed by atoms with Gasteiger partial charge in [0.25, 0.3) is 0 Å². The summed E-state index contributed by atoms with van der Waals surface area (Å²) in [5, 5.41) is 3.16.